The van der Waals surface area contributed by atoms with Crippen molar-refractivity contribution in [3.8, 4) is 0 Å². The number of hydrogen-bond acceptors (Lipinski definition) is 2. The highest BCUT2D eigenvalue weighted by molar-refractivity contribution is 5.78. The number of hydrogen-bond donors (Lipinski definition) is 1. The van der Waals surface area contributed by atoms with Crippen molar-refractivity contribution in [2.45, 2.75) is 6.17 Å². The smallest absolute Gasteiger partial charge is 0.163 e. The largest absolute Gasteiger partial charge is 0.516 e. The average Bonchev–Trinajstić information content (AvgIpc) is 2.29. The molecule has 1 atom stereocenters. The van der Waals surface area contributed by atoms with Gasteiger partial charge >= 0.3 is 0 Å². The highest BCUT2D eigenvalue weighted by atomic mass is 19.1. The van der Waals surface area contributed by atoms with E-state index in [-0.39, 0.29) is 0 Å². The molecule has 0 radical (unpaired) electrons. The molecule has 0 aliphatic carbocycles. The van der Waals surface area contributed by atoms with Crippen molar-refractivity contribution in [1.82, 2.24) is 4.98 Å². The van der Waals surface area contributed by atoms with Crippen LogP contribution in [-0.2, 0) is 0 Å². The first-order chi connectivity index (χ1) is 7.31. The lowest BCUT2D eigenvalue weighted by molar-refractivity contribution is 0.389. The number of allylic oxidation sites excluding steroid dienone is 1. The molecule has 2 rings (SSSR count). The maximum atomic E-state index is 13.4. The molecule has 76 valence electrons. The van der Waals surface area contributed by atoms with Crippen LogP contribution >= 0.6 is 0 Å². The van der Waals surface area contributed by atoms with Crippen LogP contribution in [0.1, 0.15) is 11.9 Å². The molecule has 1 N–H and O–H groups in total. The summed E-state index contributed by atoms with van der Waals surface area (Å²) in [5, 5.41) is 9.44. The van der Waals surface area contributed by atoms with Gasteiger partial charge in [0, 0.05) is 5.39 Å². The zero-order chi connectivity index (χ0) is 10.7. The molecule has 0 aliphatic heterocycles. The topological polar surface area (TPSA) is 33.1 Å². The monoisotopic (exact) mass is 203 g/mol. The Bertz CT molecular complexity index is 496. The molecule has 15 heavy (non-hydrogen) atoms. The van der Waals surface area contributed by atoms with Gasteiger partial charge < -0.3 is 5.11 Å². The van der Waals surface area contributed by atoms with Gasteiger partial charge in [-0.15, -0.1) is 0 Å². The zero-order valence-corrected chi connectivity index (χ0v) is 7.97. The molecular formula is C12H10FNO. The van der Waals surface area contributed by atoms with Gasteiger partial charge in [0.25, 0.3) is 0 Å². The number of para-hydroxylation sites is 1. The van der Waals surface area contributed by atoms with Crippen LogP contribution in [-0.4, -0.2) is 10.1 Å². The first kappa shape index (κ1) is 9.65. The van der Waals surface area contributed by atoms with Gasteiger partial charge in [-0.2, -0.15) is 0 Å². The van der Waals surface area contributed by atoms with Gasteiger partial charge in [0.15, 0.2) is 6.17 Å². The van der Waals surface area contributed by atoms with E-state index in [1.807, 2.05) is 30.3 Å². The number of aliphatic hydroxyl groups is 1. The fourth-order valence-corrected chi connectivity index (χ4v) is 1.41. The molecule has 1 aromatic heterocycles. The predicted octanol–water partition coefficient (Wildman–Crippen LogP) is 3.32. The third-order valence-corrected chi connectivity index (χ3v) is 2.16. The van der Waals surface area contributed by atoms with Crippen molar-refractivity contribution in [1.29, 1.82) is 0 Å². The van der Waals surface area contributed by atoms with Gasteiger partial charge in [-0.1, -0.05) is 24.3 Å². The van der Waals surface area contributed by atoms with Gasteiger partial charge in [0.05, 0.1) is 17.5 Å². The minimum absolute atomic E-state index is 0.305. The molecule has 0 fully saturated rings. The van der Waals surface area contributed by atoms with Crippen molar-refractivity contribution in [3.63, 3.8) is 0 Å². The fourth-order valence-electron chi connectivity index (χ4n) is 1.41. The van der Waals surface area contributed by atoms with Gasteiger partial charge in [-0.05, 0) is 18.2 Å². The van der Waals surface area contributed by atoms with Gasteiger partial charge in [0.2, 0.25) is 0 Å². The van der Waals surface area contributed by atoms with E-state index in [1.54, 1.807) is 6.07 Å². The van der Waals surface area contributed by atoms with E-state index >= 15 is 0 Å². The SMILES string of the molecule is O/C=C\C(F)c1ccc2ccccc2n1. The van der Waals surface area contributed by atoms with Crippen LogP contribution < -0.4 is 0 Å². The number of fused-ring (bicyclic) bond motifs is 1. The number of aliphatic hydroxyl groups excluding tert-OH is 1. The number of aromatic nitrogens is 1. The summed E-state index contributed by atoms with van der Waals surface area (Å²) < 4.78 is 13.4. The number of alkyl halides is 1. The highest BCUT2D eigenvalue weighted by Crippen LogP contribution is 2.19. The van der Waals surface area contributed by atoms with E-state index < -0.39 is 6.17 Å². The first-order valence-corrected chi connectivity index (χ1v) is 4.62. The van der Waals surface area contributed by atoms with Gasteiger partial charge in [-0.3, -0.25) is 0 Å². The van der Waals surface area contributed by atoms with Crippen LogP contribution in [0.15, 0.2) is 48.7 Å². The Kier molecular flexibility index (Phi) is 2.63. The van der Waals surface area contributed by atoms with E-state index in [2.05, 4.69) is 4.98 Å². The Hall–Kier alpha value is -1.90. The third kappa shape index (κ3) is 1.96. The molecule has 2 nitrogen and oxygen atoms in total. The molecule has 0 spiro atoms. The van der Waals surface area contributed by atoms with Crippen molar-refractivity contribution < 1.29 is 9.50 Å². The third-order valence-electron chi connectivity index (χ3n) is 2.16. The number of nitrogens with zero attached hydrogens (tertiary/aromatic N) is 1. The van der Waals surface area contributed by atoms with Crippen LogP contribution in [0.3, 0.4) is 0 Å². The molecule has 0 amide bonds. The van der Waals surface area contributed by atoms with Crippen molar-refractivity contribution in [2.24, 2.45) is 0 Å². The van der Waals surface area contributed by atoms with Crippen molar-refractivity contribution in [3.05, 3.63) is 54.4 Å². The van der Waals surface area contributed by atoms with Gasteiger partial charge in [0.1, 0.15) is 0 Å². The minimum Gasteiger partial charge on any atom is -0.516 e. The van der Waals surface area contributed by atoms with E-state index in [4.69, 9.17) is 5.11 Å². The Labute approximate surface area is 86.7 Å². The summed E-state index contributed by atoms with van der Waals surface area (Å²) in [5.41, 5.74) is 1.06. The van der Waals surface area contributed by atoms with Crippen LogP contribution in [0.5, 0.6) is 0 Å². The summed E-state index contributed by atoms with van der Waals surface area (Å²) in [6.07, 6.45) is 0.387. The number of benzene rings is 1. The molecule has 0 saturated carbocycles. The van der Waals surface area contributed by atoms with Gasteiger partial charge in [-0.25, -0.2) is 9.37 Å². The summed E-state index contributed by atoms with van der Waals surface area (Å²) >= 11 is 0. The number of rotatable bonds is 2. The minimum atomic E-state index is -1.36. The summed E-state index contributed by atoms with van der Waals surface area (Å²) in [6.45, 7) is 0. The molecule has 2 aromatic rings. The fraction of sp³-hybridized carbons (Fsp3) is 0.0833. The number of halogens is 1. The maximum absolute atomic E-state index is 13.4. The lowest BCUT2D eigenvalue weighted by atomic mass is 10.1. The number of pyridine rings is 1. The highest BCUT2D eigenvalue weighted by Gasteiger charge is 2.07. The molecule has 0 bridgehead atoms. The van der Waals surface area contributed by atoms with Crippen molar-refractivity contribution in [2.75, 3.05) is 0 Å². The lowest BCUT2D eigenvalue weighted by Gasteiger charge is -2.03. The first-order valence-electron chi connectivity index (χ1n) is 4.62. The van der Waals surface area contributed by atoms with Crippen LogP contribution in [0.4, 0.5) is 4.39 Å². The second-order valence-corrected chi connectivity index (χ2v) is 3.17. The zero-order valence-electron chi connectivity index (χ0n) is 7.97. The molecule has 3 heteroatoms. The predicted molar refractivity (Wildman–Crippen MR) is 57.4 cm³/mol. The van der Waals surface area contributed by atoms with Crippen LogP contribution in [0, 0.1) is 0 Å². The Morgan fingerprint density at radius 2 is 2.00 bits per heavy atom. The Morgan fingerprint density at radius 3 is 2.80 bits per heavy atom. The maximum Gasteiger partial charge on any atom is 0.163 e. The Morgan fingerprint density at radius 1 is 1.20 bits per heavy atom. The summed E-state index contributed by atoms with van der Waals surface area (Å²) in [7, 11) is 0. The average molecular weight is 203 g/mol. The van der Waals surface area contributed by atoms with Crippen LogP contribution in [0.2, 0.25) is 0 Å². The van der Waals surface area contributed by atoms with E-state index in [9.17, 15) is 4.39 Å². The van der Waals surface area contributed by atoms with E-state index in [0.29, 0.717) is 12.0 Å². The molecule has 0 saturated heterocycles. The molecule has 1 aromatic carbocycles. The summed E-state index contributed by atoms with van der Waals surface area (Å²) in [4.78, 5) is 4.16. The summed E-state index contributed by atoms with van der Waals surface area (Å²) in [6, 6.07) is 10.9. The second-order valence-electron chi connectivity index (χ2n) is 3.17. The molecule has 0 aliphatic rings. The quantitative estimate of drug-likeness (QED) is 0.759. The van der Waals surface area contributed by atoms with Crippen LogP contribution in [0.25, 0.3) is 10.9 Å². The Balaban J connectivity index is 2.46. The molecule has 1 heterocycles. The summed E-state index contributed by atoms with van der Waals surface area (Å²) in [5.74, 6) is 0. The van der Waals surface area contributed by atoms with E-state index in [1.165, 1.54) is 0 Å². The molecular weight excluding hydrogens is 193 g/mol. The van der Waals surface area contributed by atoms with Crippen molar-refractivity contribution >= 4 is 10.9 Å². The molecule has 1 unspecified atom stereocenters. The van der Waals surface area contributed by atoms with E-state index in [0.717, 1.165) is 17.0 Å². The normalized spacial score (nSPS) is 13.4. The second kappa shape index (κ2) is 4.09. The standard InChI is InChI=1S/C12H10FNO/c13-10(7-8-15)12-6-5-9-3-1-2-4-11(9)14-12/h1-8,10,15H/b8-7-. The lowest BCUT2D eigenvalue weighted by Crippen LogP contribution is -1.92.